The Kier molecular flexibility index (Phi) is 5.75. The molecule has 1 aromatic rings. The standard InChI is InChI=1S/C16H21FN2O3/c1-11(22-14-9-5-4-8-13(14)17)16(21)19-18-15(20)10-12-6-2-3-7-12/h4-5,8-9,11-12H,2-3,6-7,10H2,1H3,(H,18,20)(H,19,21)/t11-/m1/s1. The molecular formula is C16H21FN2O3. The third-order valence-corrected chi connectivity index (χ3v) is 3.78. The van der Waals surface area contributed by atoms with Crippen LogP contribution >= 0.6 is 0 Å². The zero-order valence-electron chi connectivity index (χ0n) is 12.6. The van der Waals surface area contributed by atoms with Gasteiger partial charge in [0.05, 0.1) is 0 Å². The van der Waals surface area contributed by atoms with Crippen molar-refractivity contribution in [2.75, 3.05) is 0 Å². The zero-order valence-corrected chi connectivity index (χ0v) is 12.6. The van der Waals surface area contributed by atoms with Gasteiger partial charge in [-0.15, -0.1) is 0 Å². The van der Waals surface area contributed by atoms with Crippen LogP contribution in [-0.4, -0.2) is 17.9 Å². The van der Waals surface area contributed by atoms with Crippen molar-refractivity contribution in [3.63, 3.8) is 0 Å². The van der Waals surface area contributed by atoms with Gasteiger partial charge in [-0.3, -0.25) is 20.4 Å². The highest BCUT2D eigenvalue weighted by molar-refractivity contribution is 5.84. The third kappa shape index (κ3) is 4.72. The van der Waals surface area contributed by atoms with Crippen molar-refractivity contribution in [1.29, 1.82) is 0 Å². The fourth-order valence-electron chi connectivity index (χ4n) is 2.54. The topological polar surface area (TPSA) is 67.4 Å². The molecule has 6 heteroatoms. The van der Waals surface area contributed by atoms with Crippen molar-refractivity contribution < 1.29 is 18.7 Å². The Morgan fingerprint density at radius 1 is 1.27 bits per heavy atom. The van der Waals surface area contributed by atoms with Gasteiger partial charge in [-0.05, 0) is 37.8 Å². The minimum Gasteiger partial charge on any atom is -0.478 e. The average Bonchev–Trinajstić information content (AvgIpc) is 3.00. The predicted molar refractivity (Wildman–Crippen MR) is 79.4 cm³/mol. The van der Waals surface area contributed by atoms with Crippen molar-refractivity contribution in [3.8, 4) is 5.75 Å². The Labute approximate surface area is 129 Å². The van der Waals surface area contributed by atoms with Gasteiger partial charge in [0.25, 0.3) is 5.91 Å². The van der Waals surface area contributed by atoms with Crippen molar-refractivity contribution in [2.24, 2.45) is 5.92 Å². The van der Waals surface area contributed by atoms with Crippen molar-refractivity contribution in [3.05, 3.63) is 30.1 Å². The van der Waals surface area contributed by atoms with E-state index in [9.17, 15) is 14.0 Å². The normalized spacial score (nSPS) is 16.1. The molecule has 120 valence electrons. The number of carbonyl (C=O) groups excluding carboxylic acids is 2. The van der Waals surface area contributed by atoms with Crippen molar-refractivity contribution >= 4 is 11.8 Å². The second kappa shape index (κ2) is 7.77. The van der Waals surface area contributed by atoms with E-state index < -0.39 is 17.8 Å². The third-order valence-electron chi connectivity index (χ3n) is 3.78. The number of hydrogen-bond donors (Lipinski definition) is 2. The Hall–Kier alpha value is -2.11. The first-order valence-corrected chi connectivity index (χ1v) is 7.56. The van der Waals surface area contributed by atoms with Gasteiger partial charge in [0.2, 0.25) is 5.91 Å². The van der Waals surface area contributed by atoms with Gasteiger partial charge >= 0.3 is 0 Å². The number of carbonyl (C=O) groups is 2. The maximum Gasteiger partial charge on any atom is 0.279 e. The SMILES string of the molecule is C[C@@H](Oc1ccccc1F)C(=O)NNC(=O)CC1CCCC1. The lowest BCUT2D eigenvalue weighted by atomic mass is 10.0. The van der Waals surface area contributed by atoms with Crippen LogP contribution in [-0.2, 0) is 9.59 Å². The highest BCUT2D eigenvalue weighted by atomic mass is 19.1. The van der Waals surface area contributed by atoms with Gasteiger partial charge in [0, 0.05) is 6.42 Å². The van der Waals surface area contributed by atoms with Crippen LogP contribution in [0.25, 0.3) is 0 Å². The fourth-order valence-corrected chi connectivity index (χ4v) is 2.54. The predicted octanol–water partition coefficient (Wildman–Crippen LogP) is 2.32. The number of para-hydroxylation sites is 1. The zero-order chi connectivity index (χ0) is 15.9. The number of benzene rings is 1. The maximum absolute atomic E-state index is 13.4. The molecule has 0 unspecified atom stereocenters. The van der Waals surface area contributed by atoms with Gasteiger partial charge < -0.3 is 4.74 Å². The van der Waals surface area contributed by atoms with Crippen LogP contribution in [0.15, 0.2) is 24.3 Å². The summed E-state index contributed by atoms with van der Waals surface area (Å²) in [7, 11) is 0. The van der Waals surface area contributed by atoms with E-state index in [1.165, 1.54) is 25.1 Å². The smallest absolute Gasteiger partial charge is 0.279 e. The number of nitrogens with one attached hydrogen (secondary N) is 2. The molecule has 1 saturated carbocycles. The van der Waals surface area contributed by atoms with Gasteiger partial charge in [-0.1, -0.05) is 25.0 Å². The summed E-state index contributed by atoms with van der Waals surface area (Å²) >= 11 is 0. The van der Waals surface area contributed by atoms with Crippen LogP contribution in [0.3, 0.4) is 0 Å². The molecule has 0 radical (unpaired) electrons. The molecule has 5 nitrogen and oxygen atoms in total. The summed E-state index contributed by atoms with van der Waals surface area (Å²) in [6.07, 6.45) is 3.96. The van der Waals surface area contributed by atoms with E-state index in [1.807, 2.05) is 0 Å². The summed E-state index contributed by atoms with van der Waals surface area (Å²) in [6.45, 7) is 1.49. The number of rotatable bonds is 5. The van der Waals surface area contributed by atoms with Gasteiger partial charge in [-0.25, -0.2) is 4.39 Å². The van der Waals surface area contributed by atoms with E-state index in [1.54, 1.807) is 6.07 Å². The highest BCUT2D eigenvalue weighted by Gasteiger charge is 2.20. The molecule has 1 aliphatic carbocycles. The monoisotopic (exact) mass is 308 g/mol. The van der Waals surface area contributed by atoms with E-state index in [2.05, 4.69) is 10.9 Å². The van der Waals surface area contributed by atoms with Crippen LogP contribution in [0.2, 0.25) is 0 Å². The molecule has 1 fully saturated rings. The van der Waals surface area contributed by atoms with E-state index >= 15 is 0 Å². The van der Waals surface area contributed by atoms with Crippen LogP contribution in [0, 0.1) is 11.7 Å². The Bertz CT molecular complexity index is 530. The molecule has 0 aromatic heterocycles. The molecule has 2 amide bonds. The van der Waals surface area contributed by atoms with E-state index in [0.717, 1.165) is 25.7 Å². The Balaban J connectivity index is 1.74. The second-order valence-electron chi connectivity index (χ2n) is 5.58. The molecular weight excluding hydrogens is 287 g/mol. The second-order valence-corrected chi connectivity index (χ2v) is 5.58. The highest BCUT2D eigenvalue weighted by Crippen LogP contribution is 2.27. The minimum atomic E-state index is -0.913. The van der Waals surface area contributed by atoms with E-state index in [4.69, 9.17) is 4.74 Å². The summed E-state index contributed by atoms with van der Waals surface area (Å²) in [5.41, 5.74) is 4.69. The van der Waals surface area contributed by atoms with Gasteiger partial charge in [0.1, 0.15) is 0 Å². The Morgan fingerprint density at radius 3 is 2.64 bits per heavy atom. The first-order valence-electron chi connectivity index (χ1n) is 7.56. The molecule has 0 aliphatic heterocycles. The largest absolute Gasteiger partial charge is 0.478 e. The average molecular weight is 308 g/mol. The van der Waals surface area contributed by atoms with Crippen LogP contribution in [0.5, 0.6) is 5.75 Å². The van der Waals surface area contributed by atoms with Crippen molar-refractivity contribution in [1.82, 2.24) is 10.9 Å². The fraction of sp³-hybridized carbons (Fsp3) is 0.500. The van der Waals surface area contributed by atoms with E-state index in [0.29, 0.717) is 12.3 Å². The molecule has 1 aromatic carbocycles. The number of hydrazine groups is 1. The molecule has 0 saturated heterocycles. The van der Waals surface area contributed by atoms with Crippen LogP contribution in [0.4, 0.5) is 4.39 Å². The summed E-state index contributed by atoms with van der Waals surface area (Å²) in [5.74, 6) is -0.861. The van der Waals surface area contributed by atoms with Crippen molar-refractivity contribution in [2.45, 2.75) is 45.1 Å². The lowest BCUT2D eigenvalue weighted by Gasteiger charge is -2.16. The molecule has 2 N–H and O–H groups in total. The molecule has 0 spiro atoms. The summed E-state index contributed by atoms with van der Waals surface area (Å²) in [5, 5.41) is 0. The summed E-state index contributed by atoms with van der Waals surface area (Å²) in [4.78, 5) is 23.5. The minimum absolute atomic E-state index is 0.00225. The molecule has 0 heterocycles. The molecule has 22 heavy (non-hydrogen) atoms. The summed E-state index contributed by atoms with van der Waals surface area (Å²) < 4.78 is 18.7. The molecule has 1 atom stereocenters. The number of hydrogen-bond acceptors (Lipinski definition) is 3. The van der Waals surface area contributed by atoms with Gasteiger partial charge in [-0.2, -0.15) is 0 Å². The number of ether oxygens (including phenoxy) is 1. The maximum atomic E-state index is 13.4. The number of halogens is 1. The molecule has 2 rings (SSSR count). The first kappa shape index (κ1) is 16.3. The van der Waals surface area contributed by atoms with Gasteiger partial charge in [0.15, 0.2) is 17.7 Å². The van der Waals surface area contributed by atoms with E-state index in [-0.39, 0.29) is 11.7 Å². The molecule has 1 aliphatic rings. The Morgan fingerprint density at radius 2 is 1.95 bits per heavy atom. The molecule has 0 bridgehead atoms. The summed E-state index contributed by atoms with van der Waals surface area (Å²) in [6, 6.07) is 5.85. The first-order chi connectivity index (χ1) is 10.6. The van der Waals surface area contributed by atoms with Crippen LogP contribution in [0.1, 0.15) is 39.0 Å². The lowest BCUT2D eigenvalue weighted by molar-refractivity contribution is -0.133. The number of amides is 2. The quantitative estimate of drug-likeness (QED) is 0.820. The van der Waals surface area contributed by atoms with Crippen LogP contribution < -0.4 is 15.6 Å². The lowest BCUT2D eigenvalue weighted by Crippen LogP contribution is -2.47.